The summed E-state index contributed by atoms with van der Waals surface area (Å²) in [5.41, 5.74) is 3.50. The summed E-state index contributed by atoms with van der Waals surface area (Å²) in [5, 5.41) is 0. The molecule has 15 heteroatoms. The van der Waals surface area contributed by atoms with Crippen LogP contribution in [0.3, 0.4) is 0 Å². The fourth-order valence-corrected chi connectivity index (χ4v) is 6.88. The lowest BCUT2D eigenvalue weighted by atomic mass is 9.92. The highest BCUT2D eigenvalue weighted by atomic mass is 32.2. The van der Waals surface area contributed by atoms with Gasteiger partial charge in [0.1, 0.15) is 12.3 Å². The third-order valence-corrected chi connectivity index (χ3v) is 9.16. The van der Waals surface area contributed by atoms with Gasteiger partial charge < -0.3 is 34.0 Å². The number of carbonyl (C=O) groups is 3. The van der Waals surface area contributed by atoms with E-state index in [1.54, 1.807) is 13.0 Å². The van der Waals surface area contributed by atoms with Gasteiger partial charge in [0.2, 0.25) is 23.6 Å². The number of aromatic nitrogens is 1. The number of thioether (sulfide) groups is 1. The molecule has 0 radical (unpaired) electrons. The van der Waals surface area contributed by atoms with Crippen LogP contribution in [0, 0.1) is 11.6 Å². The van der Waals surface area contributed by atoms with Gasteiger partial charge in [-0.1, -0.05) is 18.2 Å². The third kappa shape index (κ3) is 6.12. The van der Waals surface area contributed by atoms with Crippen LogP contribution in [0.25, 0.3) is 0 Å². The number of hydrogen-bond donors (Lipinski definition) is 1. The first kappa shape index (κ1) is 32.3. The monoisotopic (exact) mass is 671 g/mol. The minimum absolute atomic E-state index is 0.0876. The molecule has 0 spiro atoms. The average molecular weight is 672 g/mol. The second kappa shape index (κ2) is 12.9. The molecule has 1 N–H and O–H groups in total. The lowest BCUT2D eigenvalue weighted by Crippen LogP contribution is -2.60. The van der Waals surface area contributed by atoms with E-state index in [0.717, 1.165) is 22.1 Å². The molecule has 0 aliphatic carbocycles. The molecule has 1 amide bonds. The summed E-state index contributed by atoms with van der Waals surface area (Å²) < 4.78 is 56.6. The Morgan fingerprint density at radius 3 is 2.70 bits per heavy atom. The second-order valence-electron chi connectivity index (χ2n) is 11.4. The molecule has 0 unspecified atom stereocenters. The normalized spacial score (nSPS) is 18.4. The quantitative estimate of drug-likeness (QED) is 0.285. The molecule has 0 bridgehead atoms. The molecule has 1 aromatic heterocycles. The number of carbonyl (C=O) groups excluding carboxylic acids is 3. The van der Waals surface area contributed by atoms with Gasteiger partial charge in [-0.3, -0.25) is 14.3 Å². The van der Waals surface area contributed by atoms with E-state index in [9.17, 15) is 28.0 Å². The van der Waals surface area contributed by atoms with Gasteiger partial charge in [-0.2, -0.15) is 0 Å². The van der Waals surface area contributed by atoms with Gasteiger partial charge in [0, 0.05) is 35.0 Å². The van der Waals surface area contributed by atoms with Gasteiger partial charge in [-0.25, -0.2) is 18.4 Å². The van der Waals surface area contributed by atoms with Crippen molar-refractivity contribution in [1.29, 1.82) is 0 Å². The maximum absolute atomic E-state index is 14.7. The maximum Gasteiger partial charge on any atom is 0.512 e. The van der Waals surface area contributed by atoms with Crippen molar-refractivity contribution < 1.29 is 46.8 Å². The van der Waals surface area contributed by atoms with E-state index in [2.05, 4.69) is 5.43 Å². The van der Waals surface area contributed by atoms with Crippen LogP contribution >= 0.6 is 11.8 Å². The SMILES string of the molecule is CCOC(=O)C(C)(C)OC(=O)OCOc1c2n(ccc1=O)N[C@@H]1[C@H](c3cccc4c3Cc3ccc(F)c(F)c3CS4)OCCN1C2=O. The summed E-state index contributed by atoms with van der Waals surface area (Å²) in [7, 11) is 0. The second-order valence-corrected chi connectivity index (χ2v) is 12.4. The van der Waals surface area contributed by atoms with Crippen molar-refractivity contribution >= 4 is 29.8 Å². The minimum Gasteiger partial charge on any atom is -0.463 e. The smallest absolute Gasteiger partial charge is 0.463 e. The molecule has 248 valence electrons. The fraction of sp³-hybridized carbons (Fsp3) is 0.375. The Labute approximate surface area is 271 Å². The van der Waals surface area contributed by atoms with Crippen LogP contribution in [-0.2, 0) is 35.9 Å². The van der Waals surface area contributed by atoms with Crippen molar-refractivity contribution in [2.45, 2.75) is 55.7 Å². The topological polar surface area (TPSA) is 135 Å². The lowest BCUT2D eigenvalue weighted by molar-refractivity contribution is -0.164. The predicted octanol–water partition coefficient (Wildman–Crippen LogP) is 4.25. The number of esters is 1. The van der Waals surface area contributed by atoms with Gasteiger partial charge in [-0.15, -0.1) is 11.8 Å². The Morgan fingerprint density at radius 2 is 1.91 bits per heavy atom. The number of pyridine rings is 1. The molecule has 12 nitrogen and oxygen atoms in total. The number of morpholine rings is 1. The molecular formula is C32H31F2N3O9S. The summed E-state index contributed by atoms with van der Waals surface area (Å²) in [4.78, 5) is 53.4. The Hall–Kier alpha value is -4.63. The number of hydrogen-bond acceptors (Lipinski definition) is 11. The molecule has 3 aliphatic rings. The standard InChI is InChI=1S/C32H31F2N3O9S/c1-4-42-30(40)32(2,3)46-31(41)45-16-44-27-22(38)10-11-37-25(27)29(39)36-12-13-43-26(28(36)35-37)18-6-5-7-23-19(18)14-17-8-9-21(33)24(34)20(17)15-47-23/h5-11,26,28,35H,4,12-16H2,1-3H3/t26-,28-/m0/s1. The summed E-state index contributed by atoms with van der Waals surface area (Å²) in [6.07, 6.45) is -0.888. The van der Waals surface area contributed by atoms with E-state index >= 15 is 0 Å². The van der Waals surface area contributed by atoms with Crippen LogP contribution in [0.1, 0.15) is 59.6 Å². The number of nitrogens with zero attached hydrogens (tertiary/aromatic N) is 2. The molecule has 0 saturated carbocycles. The van der Waals surface area contributed by atoms with E-state index < -0.39 is 59.8 Å². The van der Waals surface area contributed by atoms with Crippen molar-refractivity contribution in [3.8, 4) is 5.75 Å². The van der Waals surface area contributed by atoms with Crippen LogP contribution in [-0.4, -0.2) is 65.9 Å². The first-order valence-corrected chi connectivity index (χ1v) is 15.8. The Balaban J connectivity index is 1.24. The van der Waals surface area contributed by atoms with Crippen LogP contribution in [0.15, 0.2) is 52.3 Å². The molecule has 4 heterocycles. The predicted molar refractivity (Wildman–Crippen MR) is 163 cm³/mol. The molecule has 3 aliphatic heterocycles. The zero-order chi connectivity index (χ0) is 33.5. The number of amides is 1. The van der Waals surface area contributed by atoms with Crippen molar-refractivity contribution in [2.75, 3.05) is 32.0 Å². The van der Waals surface area contributed by atoms with Gasteiger partial charge >= 0.3 is 12.1 Å². The first-order chi connectivity index (χ1) is 22.5. The van der Waals surface area contributed by atoms with Crippen LogP contribution in [0.2, 0.25) is 0 Å². The number of benzene rings is 2. The number of fused-ring (bicyclic) bond motifs is 4. The molecule has 3 aromatic rings. The maximum atomic E-state index is 14.7. The van der Waals surface area contributed by atoms with Gasteiger partial charge in [0.15, 0.2) is 17.3 Å². The average Bonchev–Trinajstić information content (AvgIpc) is 3.24. The summed E-state index contributed by atoms with van der Waals surface area (Å²) in [6, 6.07) is 9.57. The van der Waals surface area contributed by atoms with Gasteiger partial charge in [0.05, 0.1) is 13.2 Å². The molecule has 1 saturated heterocycles. The number of ether oxygens (including phenoxy) is 5. The number of rotatable bonds is 7. The van der Waals surface area contributed by atoms with Crippen LogP contribution in [0.5, 0.6) is 5.75 Å². The summed E-state index contributed by atoms with van der Waals surface area (Å²) >= 11 is 1.40. The third-order valence-electron chi connectivity index (χ3n) is 8.04. The Bertz CT molecular complexity index is 1810. The highest BCUT2D eigenvalue weighted by Gasteiger charge is 2.44. The van der Waals surface area contributed by atoms with E-state index in [4.69, 9.17) is 23.7 Å². The largest absolute Gasteiger partial charge is 0.512 e. The van der Waals surface area contributed by atoms with Crippen molar-refractivity contribution in [2.24, 2.45) is 0 Å². The lowest BCUT2D eigenvalue weighted by Gasteiger charge is -2.46. The molecule has 6 rings (SSSR count). The highest BCUT2D eigenvalue weighted by Crippen LogP contribution is 2.41. The molecule has 2 atom stereocenters. The van der Waals surface area contributed by atoms with Crippen molar-refractivity contribution in [3.05, 3.63) is 92.4 Å². The molecule has 1 fully saturated rings. The zero-order valence-corrected chi connectivity index (χ0v) is 26.5. The summed E-state index contributed by atoms with van der Waals surface area (Å²) in [6.45, 7) is 3.94. The molecule has 2 aromatic carbocycles. The van der Waals surface area contributed by atoms with E-state index in [0.29, 0.717) is 17.5 Å². The minimum atomic E-state index is -1.63. The Kier molecular flexibility index (Phi) is 8.85. The van der Waals surface area contributed by atoms with Crippen LogP contribution in [0.4, 0.5) is 13.6 Å². The summed E-state index contributed by atoms with van der Waals surface area (Å²) in [5.74, 6) is -3.14. The van der Waals surface area contributed by atoms with E-state index in [1.807, 2.05) is 18.2 Å². The highest BCUT2D eigenvalue weighted by molar-refractivity contribution is 7.98. The van der Waals surface area contributed by atoms with Crippen molar-refractivity contribution in [1.82, 2.24) is 9.58 Å². The van der Waals surface area contributed by atoms with E-state index in [-0.39, 0.29) is 37.0 Å². The van der Waals surface area contributed by atoms with Gasteiger partial charge in [0.25, 0.3) is 5.91 Å². The van der Waals surface area contributed by atoms with E-state index in [1.165, 1.54) is 47.4 Å². The molecule has 47 heavy (non-hydrogen) atoms. The zero-order valence-electron chi connectivity index (χ0n) is 25.7. The number of nitrogens with one attached hydrogen (secondary N) is 1. The Morgan fingerprint density at radius 1 is 1.11 bits per heavy atom. The fourth-order valence-electron chi connectivity index (χ4n) is 5.73. The first-order valence-electron chi connectivity index (χ1n) is 14.8. The van der Waals surface area contributed by atoms with Crippen molar-refractivity contribution in [3.63, 3.8) is 0 Å². The van der Waals surface area contributed by atoms with Crippen LogP contribution < -0.4 is 15.6 Å². The van der Waals surface area contributed by atoms with Gasteiger partial charge in [-0.05, 0) is 56.0 Å². The number of halogens is 2. The molecular weight excluding hydrogens is 640 g/mol.